The van der Waals surface area contributed by atoms with Crippen LogP contribution in [-0.4, -0.2) is 17.5 Å². The van der Waals surface area contributed by atoms with E-state index in [0.29, 0.717) is 27.5 Å². The number of hydrogen-bond acceptors (Lipinski definition) is 3. The summed E-state index contributed by atoms with van der Waals surface area (Å²) in [6.45, 7) is 1.79. The van der Waals surface area contributed by atoms with Crippen LogP contribution in [0, 0.1) is 0 Å². The van der Waals surface area contributed by atoms with Gasteiger partial charge in [0.1, 0.15) is 0 Å². The van der Waals surface area contributed by atoms with E-state index < -0.39 is 0 Å². The zero-order chi connectivity index (χ0) is 22.5. The van der Waals surface area contributed by atoms with Gasteiger partial charge in [0, 0.05) is 11.3 Å². The van der Waals surface area contributed by atoms with E-state index in [1.165, 1.54) is 0 Å². The maximum Gasteiger partial charge on any atom is 0.272 e. The van der Waals surface area contributed by atoms with Crippen LogP contribution >= 0.6 is 11.6 Å². The molecule has 6 heteroatoms. The van der Waals surface area contributed by atoms with Crippen molar-refractivity contribution in [2.45, 2.75) is 6.92 Å². The molecule has 4 aromatic carbocycles. The summed E-state index contributed by atoms with van der Waals surface area (Å²) in [5.41, 5.74) is 5.55. The van der Waals surface area contributed by atoms with Gasteiger partial charge >= 0.3 is 0 Å². The first-order valence-corrected chi connectivity index (χ1v) is 10.4. The summed E-state index contributed by atoms with van der Waals surface area (Å²) < 4.78 is 0. The summed E-state index contributed by atoms with van der Waals surface area (Å²) in [6, 6.07) is 27.4. The van der Waals surface area contributed by atoms with Crippen LogP contribution in [0.15, 0.2) is 96.1 Å². The topological polar surface area (TPSA) is 70.6 Å². The fraction of sp³-hybridized carbons (Fsp3) is 0.0385. The minimum atomic E-state index is -0.299. The van der Waals surface area contributed by atoms with Gasteiger partial charge in [-0.05, 0) is 53.6 Å². The number of fused-ring (bicyclic) bond motifs is 1. The molecule has 4 aromatic rings. The number of rotatable bonds is 5. The normalized spacial score (nSPS) is 11.2. The highest BCUT2D eigenvalue weighted by atomic mass is 35.5. The average molecular weight is 442 g/mol. The third-order valence-electron chi connectivity index (χ3n) is 5.02. The van der Waals surface area contributed by atoms with Gasteiger partial charge in [-0.3, -0.25) is 9.59 Å². The van der Waals surface area contributed by atoms with Crippen LogP contribution in [0.3, 0.4) is 0 Å². The summed E-state index contributed by atoms with van der Waals surface area (Å²) in [5.74, 6) is -0.587. The van der Waals surface area contributed by atoms with Crippen LogP contribution in [0.25, 0.3) is 10.8 Å². The lowest BCUT2D eigenvalue weighted by Crippen LogP contribution is -2.19. The number of nitrogens with one attached hydrogen (secondary N) is 2. The molecule has 2 N–H and O–H groups in total. The van der Waals surface area contributed by atoms with Gasteiger partial charge in [0.15, 0.2) is 0 Å². The molecule has 0 unspecified atom stereocenters. The third kappa shape index (κ3) is 4.68. The molecule has 0 saturated heterocycles. The summed E-state index contributed by atoms with van der Waals surface area (Å²) in [7, 11) is 0. The van der Waals surface area contributed by atoms with Crippen molar-refractivity contribution in [2.75, 3.05) is 5.32 Å². The van der Waals surface area contributed by atoms with Crippen LogP contribution < -0.4 is 10.7 Å². The van der Waals surface area contributed by atoms with Crippen molar-refractivity contribution >= 4 is 45.6 Å². The lowest BCUT2D eigenvalue weighted by atomic mass is 10.0. The van der Waals surface area contributed by atoms with E-state index in [9.17, 15) is 9.59 Å². The zero-order valence-corrected chi connectivity index (χ0v) is 18.1. The van der Waals surface area contributed by atoms with Crippen LogP contribution in [-0.2, 0) is 0 Å². The second-order valence-electron chi connectivity index (χ2n) is 7.18. The number of carbonyl (C=O) groups is 2. The van der Waals surface area contributed by atoms with Crippen molar-refractivity contribution in [3.8, 4) is 0 Å². The smallest absolute Gasteiger partial charge is 0.272 e. The highest BCUT2D eigenvalue weighted by molar-refractivity contribution is 6.34. The van der Waals surface area contributed by atoms with E-state index in [0.717, 1.165) is 16.3 Å². The fourth-order valence-corrected chi connectivity index (χ4v) is 3.57. The quantitative estimate of drug-likeness (QED) is 0.299. The second kappa shape index (κ2) is 9.45. The highest BCUT2D eigenvalue weighted by Gasteiger charge is 2.11. The van der Waals surface area contributed by atoms with Crippen molar-refractivity contribution in [3.05, 3.63) is 113 Å². The number of amides is 2. The Morgan fingerprint density at radius 1 is 0.781 bits per heavy atom. The lowest BCUT2D eigenvalue weighted by Gasteiger charge is -2.09. The molecule has 0 radical (unpaired) electrons. The second-order valence-corrected chi connectivity index (χ2v) is 7.59. The number of nitrogens with zero attached hydrogens (tertiary/aromatic N) is 1. The Morgan fingerprint density at radius 2 is 1.47 bits per heavy atom. The molecular weight excluding hydrogens is 422 g/mol. The first kappa shape index (κ1) is 21.3. The minimum absolute atomic E-state index is 0.288. The molecule has 2 amide bonds. The largest absolute Gasteiger partial charge is 0.322 e. The SMILES string of the molecule is CC(=NNC(=O)c1cccc2ccccc12)c1cccc(NC(=O)c2ccccc2Cl)c1. The number of halogens is 1. The van der Waals surface area contributed by atoms with Gasteiger partial charge in [-0.15, -0.1) is 0 Å². The van der Waals surface area contributed by atoms with E-state index in [4.69, 9.17) is 11.6 Å². The Kier molecular flexibility index (Phi) is 6.29. The molecule has 0 aliphatic rings. The van der Waals surface area contributed by atoms with Crippen molar-refractivity contribution in [2.24, 2.45) is 5.10 Å². The third-order valence-corrected chi connectivity index (χ3v) is 5.35. The zero-order valence-electron chi connectivity index (χ0n) is 17.3. The number of carbonyl (C=O) groups excluding carboxylic acids is 2. The van der Waals surface area contributed by atoms with Crippen molar-refractivity contribution in [1.82, 2.24) is 5.43 Å². The number of anilines is 1. The van der Waals surface area contributed by atoms with Crippen LogP contribution in [0.1, 0.15) is 33.2 Å². The number of hydrazone groups is 1. The standard InChI is InChI=1S/C26H20ClN3O2/c1-17(29-30-26(32)22-14-7-9-18-8-2-3-12-21(18)22)19-10-6-11-20(16-19)28-25(31)23-13-4-5-15-24(23)27/h2-16H,1H3,(H,28,31)(H,30,32). The van der Waals surface area contributed by atoms with E-state index in [1.54, 1.807) is 49.4 Å². The van der Waals surface area contributed by atoms with E-state index in [-0.39, 0.29) is 11.8 Å². The molecule has 0 heterocycles. The molecule has 0 bridgehead atoms. The molecular formula is C26H20ClN3O2. The highest BCUT2D eigenvalue weighted by Crippen LogP contribution is 2.19. The Balaban J connectivity index is 1.50. The van der Waals surface area contributed by atoms with Gasteiger partial charge in [0.25, 0.3) is 11.8 Å². The Morgan fingerprint density at radius 3 is 2.31 bits per heavy atom. The van der Waals surface area contributed by atoms with E-state index >= 15 is 0 Å². The Hall–Kier alpha value is -3.96. The molecule has 32 heavy (non-hydrogen) atoms. The van der Waals surface area contributed by atoms with Gasteiger partial charge in [-0.25, -0.2) is 5.43 Å². The molecule has 0 atom stereocenters. The molecule has 4 rings (SSSR count). The van der Waals surface area contributed by atoms with E-state index in [2.05, 4.69) is 15.8 Å². The molecule has 0 saturated carbocycles. The van der Waals surface area contributed by atoms with Crippen molar-refractivity contribution in [3.63, 3.8) is 0 Å². The monoisotopic (exact) mass is 441 g/mol. The predicted molar refractivity (Wildman–Crippen MR) is 129 cm³/mol. The predicted octanol–water partition coefficient (Wildman–Crippen LogP) is 5.90. The fourth-order valence-electron chi connectivity index (χ4n) is 3.35. The van der Waals surface area contributed by atoms with Crippen molar-refractivity contribution in [1.29, 1.82) is 0 Å². The van der Waals surface area contributed by atoms with Gasteiger partial charge < -0.3 is 5.32 Å². The van der Waals surface area contributed by atoms with Crippen LogP contribution in [0.5, 0.6) is 0 Å². The molecule has 0 aliphatic heterocycles. The van der Waals surface area contributed by atoms with E-state index in [1.807, 2.05) is 48.5 Å². The maximum absolute atomic E-state index is 12.7. The minimum Gasteiger partial charge on any atom is -0.322 e. The van der Waals surface area contributed by atoms with Crippen LogP contribution in [0.4, 0.5) is 5.69 Å². The molecule has 5 nitrogen and oxygen atoms in total. The summed E-state index contributed by atoms with van der Waals surface area (Å²) in [6.07, 6.45) is 0. The summed E-state index contributed by atoms with van der Waals surface area (Å²) in [5, 5.41) is 9.33. The summed E-state index contributed by atoms with van der Waals surface area (Å²) in [4.78, 5) is 25.2. The number of hydrogen-bond donors (Lipinski definition) is 2. The van der Waals surface area contributed by atoms with Gasteiger partial charge in [0.05, 0.1) is 16.3 Å². The first-order chi connectivity index (χ1) is 15.5. The maximum atomic E-state index is 12.7. The summed E-state index contributed by atoms with van der Waals surface area (Å²) >= 11 is 6.10. The lowest BCUT2D eigenvalue weighted by molar-refractivity contribution is 0.0955. The van der Waals surface area contributed by atoms with Crippen molar-refractivity contribution < 1.29 is 9.59 Å². The first-order valence-electron chi connectivity index (χ1n) is 10.0. The average Bonchev–Trinajstić information content (AvgIpc) is 2.82. The molecule has 0 aliphatic carbocycles. The number of benzene rings is 4. The molecule has 0 fully saturated rings. The van der Waals surface area contributed by atoms with Crippen LogP contribution in [0.2, 0.25) is 5.02 Å². The molecule has 0 aromatic heterocycles. The molecule has 0 spiro atoms. The van der Waals surface area contributed by atoms with Gasteiger partial charge in [-0.2, -0.15) is 5.10 Å². The molecule has 158 valence electrons. The Labute approximate surface area is 190 Å². The van der Waals surface area contributed by atoms with Gasteiger partial charge in [-0.1, -0.05) is 72.3 Å². The Bertz CT molecular complexity index is 1340. The van der Waals surface area contributed by atoms with Gasteiger partial charge in [0.2, 0.25) is 0 Å².